The Morgan fingerprint density at radius 3 is 3.06 bits per heavy atom. The Balaban J connectivity index is 1.65. The number of rotatable bonds is 2. The molecule has 98 valence electrons. The first-order valence-corrected chi connectivity index (χ1v) is 6.46. The van der Waals surface area contributed by atoms with Crippen molar-refractivity contribution in [2.75, 3.05) is 19.6 Å². The van der Waals surface area contributed by atoms with Gasteiger partial charge in [-0.15, -0.1) is 0 Å². The first kappa shape index (κ1) is 11.9. The molecule has 0 aliphatic carbocycles. The fraction of sp³-hybridized carbons (Fsp3) is 0.583. The summed E-state index contributed by atoms with van der Waals surface area (Å²) in [4.78, 5) is 13.4. The second kappa shape index (κ2) is 4.48. The lowest BCUT2D eigenvalue weighted by Gasteiger charge is -2.37. The second-order valence-corrected chi connectivity index (χ2v) is 5.32. The summed E-state index contributed by atoms with van der Waals surface area (Å²) in [5, 5.41) is 3.14. The smallest absolute Gasteiger partial charge is 0.407 e. The van der Waals surface area contributed by atoms with E-state index in [4.69, 9.17) is 20.8 Å². The molecule has 2 aliphatic heterocycles. The largest absolute Gasteiger partial charge is 0.448 e. The van der Waals surface area contributed by atoms with Crippen molar-refractivity contribution in [1.29, 1.82) is 0 Å². The van der Waals surface area contributed by atoms with Gasteiger partial charge >= 0.3 is 6.09 Å². The number of nitrogens with zero attached hydrogens (tertiary/aromatic N) is 1. The average Bonchev–Trinajstić information content (AvgIpc) is 2.87. The maximum atomic E-state index is 11.2. The van der Waals surface area contributed by atoms with Crippen LogP contribution in [0, 0.1) is 0 Å². The Kier molecular flexibility index (Phi) is 2.95. The van der Waals surface area contributed by atoms with Crippen LogP contribution < -0.4 is 5.32 Å². The summed E-state index contributed by atoms with van der Waals surface area (Å²) in [6, 6.07) is 3.62. The molecule has 2 aliphatic rings. The average molecular weight is 271 g/mol. The minimum atomic E-state index is -0.355. The lowest BCUT2D eigenvalue weighted by molar-refractivity contribution is -0.0127. The number of nitrogens with one attached hydrogen (secondary N) is 1. The summed E-state index contributed by atoms with van der Waals surface area (Å²) < 4.78 is 10.8. The van der Waals surface area contributed by atoms with E-state index < -0.39 is 0 Å². The fourth-order valence-electron chi connectivity index (χ4n) is 2.71. The van der Waals surface area contributed by atoms with Gasteiger partial charge in [0.2, 0.25) is 0 Å². The molecule has 1 aromatic rings. The number of halogens is 1. The fourth-order valence-corrected chi connectivity index (χ4v) is 2.87. The van der Waals surface area contributed by atoms with Gasteiger partial charge < -0.3 is 14.5 Å². The van der Waals surface area contributed by atoms with E-state index in [-0.39, 0.29) is 11.7 Å². The molecule has 3 rings (SSSR count). The van der Waals surface area contributed by atoms with Gasteiger partial charge in [0.25, 0.3) is 0 Å². The van der Waals surface area contributed by atoms with Crippen LogP contribution >= 0.6 is 11.6 Å². The third kappa shape index (κ3) is 2.33. The van der Waals surface area contributed by atoms with E-state index in [0.29, 0.717) is 18.3 Å². The van der Waals surface area contributed by atoms with Gasteiger partial charge in [0.05, 0.1) is 13.1 Å². The van der Waals surface area contributed by atoms with Crippen LogP contribution in [0.2, 0.25) is 5.22 Å². The molecule has 1 N–H and O–H groups in total. The molecule has 0 aromatic carbocycles. The normalized spacial score (nSPS) is 28.4. The van der Waals surface area contributed by atoms with Gasteiger partial charge in [0, 0.05) is 6.54 Å². The first-order valence-electron chi connectivity index (χ1n) is 6.09. The van der Waals surface area contributed by atoms with E-state index in [1.807, 2.05) is 6.07 Å². The number of likely N-dealkylation sites (tertiary alicyclic amines) is 1. The van der Waals surface area contributed by atoms with E-state index in [9.17, 15) is 4.79 Å². The molecule has 2 saturated heterocycles. The van der Waals surface area contributed by atoms with Crippen LogP contribution in [-0.4, -0.2) is 36.2 Å². The first-order chi connectivity index (χ1) is 8.65. The Morgan fingerprint density at radius 1 is 1.50 bits per heavy atom. The van der Waals surface area contributed by atoms with Crippen LogP contribution in [0.5, 0.6) is 0 Å². The van der Waals surface area contributed by atoms with E-state index in [1.54, 1.807) is 6.07 Å². The van der Waals surface area contributed by atoms with Crippen LogP contribution in [0.4, 0.5) is 4.79 Å². The summed E-state index contributed by atoms with van der Waals surface area (Å²) in [5.74, 6) is 0.842. The quantitative estimate of drug-likeness (QED) is 0.893. The van der Waals surface area contributed by atoms with Gasteiger partial charge in [-0.25, -0.2) is 4.79 Å². The Labute approximate surface area is 110 Å². The standard InChI is InChI=1S/C12H15ClN2O3/c13-10-3-2-9(17-10)6-15-5-1-4-12(8-15)7-14-11(16)18-12/h2-3H,1,4-8H2,(H,14,16)/t12-/m1/s1. The van der Waals surface area contributed by atoms with Crippen LogP contribution in [0.15, 0.2) is 16.5 Å². The van der Waals surface area contributed by atoms with Crippen molar-refractivity contribution < 1.29 is 13.9 Å². The molecule has 1 atom stereocenters. The van der Waals surface area contributed by atoms with Crippen molar-refractivity contribution in [2.45, 2.75) is 25.0 Å². The van der Waals surface area contributed by atoms with Crippen molar-refractivity contribution in [3.63, 3.8) is 0 Å². The van der Waals surface area contributed by atoms with E-state index in [2.05, 4.69) is 10.2 Å². The number of hydrogen-bond acceptors (Lipinski definition) is 4. The van der Waals surface area contributed by atoms with Gasteiger partial charge in [-0.05, 0) is 43.1 Å². The lowest BCUT2D eigenvalue weighted by atomic mass is 9.93. The molecule has 0 radical (unpaired) electrons. The van der Waals surface area contributed by atoms with Crippen molar-refractivity contribution >= 4 is 17.7 Å². The van der Waals surface area contributed by atoms with E-state index in [1.165, 1.54) is 0 Å². The summed E-state index contributed by atoms with van der Waals surface area (Å²) >= 11 is 5.75. The maximum Gasteiger partial charge on any atom is 0.407 e. The van der Waals surface area contributed by atoms with Crippen LogP contribution in [-0.2, 0) is 11.3 Å². The Bertz CT molecular complexity index is 462. The van der Waals surface area contributed by atoms with Crippen molar-refractivity contribution in [2.24, 2.45) is 0 Å². The third-order valence-electron chi connectivity index (χ3n) is 3.49. The summed E-state index contributed by atoms with van der Waals surface area (Å²) in [6.45, 7) is 3.02. The molecule has 1 spiro atoms. The molecular formula is C12H15ClN2O3. The molecule has 18 heavy (non-hydrogen) atoms. The van der Waals surface area contributed by atoms with Crippen LogP contribution in [0.1, 0.15) is 18.6 Å². The number of carbonyl (C=O) groups is 1. The maximum absolute atomic E-state index is 11.2. The van der Waals surface area contributed by atoms with Crippen LogP contribution in [0.25, 0.3) is 0 Å². The predicted octanol–water partition coefficient (Wildman–Crippen LogP) is 2.01. The number of hydrogen-bond donors (Lipinski definition) is 1. The van der Waals surface area contributed by atoms with Crippen molar-refractivity contribution in [1.82, 2.24) is 10.2 Å². The molecule has 3 heterocycles. The number of alkyl carbamates (subject to hydrolysis) is 1. The second-order valence-electron chi connectivity index (χ2n) is 4.95. The lowest BCUT2D eigenvalue weighted by Crippen LogP contribution is -2.49. The highest BCUT2D eigenvalue weighted by Gasteiger charge is 2.43. The third-order valence-corrected chi connectivity index (χ3v) is 3.69. The Hall–Kier alpha value is -1.20. The predicted molar refractivity (Wildman–Crippen MR) is 65.4 cm³/mol. The zero-order chi connectivity index (χ0) is 12.6. The monoisotopic (exact) mass is 270 g/mol. The van der Waals surface area contributed by atoms with Gasteiger partial charge in [-0.3, -0.25) is 4.90 Å². The highest BCUT2D eigenvalue weighted by Crippen LogP contribution is 2.29. The number of ether oxygens (including phenoxy) is 1. The molecule has 0 bridgehead atoms. The molecule has 0 saturated carbocycles. The minimum absolute atomic E-state index is 0.308. The summed E-state index contributed by atoms with van der Waals surface area (Å²) in [7, 11) is 0. The van der Waals surface area contributed by atoms with E-state index in [0.717, 1.165) is 31.7 Å². The van der Waals surface area contributed by atoms with Gasteiger partial charge in [-0.2, -0.15) is 0 Å². The highest BCUT2D eigenvalue weighted by atomic mass is 35.5. The molecule has 5 nitrogen and oxygen atoms in total. The van der Waals surface area contributed by atoms with E-state index >= 15 is 0 Å². The molecule has 0 unspecified atom stereocenters. The van der Waals surface area contributed by atoms with Crippen molar-refractivity contribution in [3.8, 4) is 0 Å². The molecule has 1 aromatic heterocycles. The van der Waals surface area contributed by atoms with Crippen molar-refractivity contribution in [3.05, 3.63) is 23.1 Å². The van der Waals surface area contributed by atoms with Gasteiger partial charge in [0.1, 0.15) is 11.4 Å². The molecule has 1 amide bonds. The number of amides is 1. The topological polar surface area (TPSA) is 54.7 Å². The Morgan fingerprint density at radius 2 is 2.39 bits per heavy atom. The zero-order valence-electron chi connectivity index (χ0n) is 9.95. The summed E-state index contributed by atoms with van der Waals surface area (Å²) in [6.07, 6.45) is 1.63. The SMILES string of the molecule is O=C1NC[C@@]2(CCCN(Cc3ccc(Cl)o3)C2)O1. The number of carbonyl (C=O) groups excluding carboxylic acids is 1. The van der Waals surface area contributed by atoms with Gasteiger partial charge in [0.15, 0.2) is 5.22 Å². The number of piperidine rings is 1. The molecular weight excluding hydrogens is 256 g/mol. The molecule has 2 fully saturated rings. The summed E-state index contributed by atoms with van der Waals surface area (Å²) in [5.41, 5.74) is -0.355. The van der Waals surface area contributed by atoms with Crippen LogP contribution in [0.3, 0.4) is 0 Å². The zero-order valence-corrected chi connectivity index (χ0v) is 10.7. The highest BCUT2D eigenvalue weighted by molar-refractivity contribution is 6.28. The van der Waals surface area contributed by atoms with Gasteiger partial charge in [-0.1, -0.05) is 0 Å². The number of furan rings is 1. The minimum Gasteiger partial charge on any atom is -0.448 e. The molecule has 6 heteroatoms.